The van der Waals surface area contributed by atoms with Gasteiger partial charge in [-0.15, -0.1) is 0 Å². The number of carbonyl (C=O) groups excluding carboxylic acids is 1. The smallest absolute Gasteiger partial charge is 0.315 e. The molecule has 15 radical (unpaired) electrons. The van der Waals surface area contributed by atoms with Crippen LogP contribution in [0.4, 0.5) is 4.79 Å². The summed E-state index contributed by atoms with van der Waals surface area (Å²) in [4.78, 5) is 12.5. The summed E-state index contributed by atoms with van der Waals surface area (Å²) in [6.07, 6.45) is 23.7. The summed E-state index contributed by atoms with van der Waals surface area (Å²) in [5, 5.41) is 14.6. The fourth-order valence-electron chi connectivity index (χ4n) is 3.31. The van der Waals surface area contributed by atoms with Gasteiger partial charge in [-0.3, -0.25) is 0 Å². The van der Waals surface area contributed by atoms with Crippen LogP contribution >= 0.6 is 0 Å². The predicted molar refractivity (Wildman–Crippen MR) is 120 cm³/mol. The van der Waals surface area contributed by atoms with Crippen molar-refractivity contribution in [3.63, 3.8) is 0 Å². The van der Waals surface area contributed by atoms with Crippen LogP contribution in [0.2, 0.25) is 0 Å². The van der Waals surface area contributed by atoms with E-state index in [4.69, 9.17) is 19.3 Å². The molecule has 0 aromatic carbocycles. The molecule has 3 N–H and O–H groups in total. The number of hydrogen-bond donors (Lipinski definition) is 3. The zero-order valence-electron chi connectivity index (χ0n) is 18.2. The van der Waals surface area contributed by atoms with E-state index in [1.54, 1.807) is 0 Å². The van der Waals surface area contributed by atoms with Gasteiger partial charge in [-0.2, -0.15) is 0 Å². The molecular weight excluding hydrogens is 408 g/mol. The lowest BCUT2D eigenvalue weighted by Gasteiger charge is -2.35. The molecule has 3 rings (SSSR count). The van der Waals surface area contributed by atoms with Crippen LogP contribution in [0.15, 0.2) is 0 Å². The van der Waals surface area contributed by atoms with Gasteiger partial charge in [0.25, 0.3) is 0 Å². The first kappa shape index (κ1) is 25.7. The third-order valence-corrected chi connectivity index (χ3v) is 4.91. The number of hydrogen-bond acceptors (Lipinski definition) is 5. The molecule has 0 spiro atoms. The lowest BCUT2D eigenvalue weighted by molar-refractivity contribution is -0.0271. The summed E-state index contributed by atoms with van der Waals surface area (Å²) in [7, 11) is 0. The predicted octanol–water partition coefficient (Wildman–Crippen LogP) is 1.28. The molecule has 32 heavy (non-hydrogen) atoms. The van der Waals surface area contributed by atoms with Crippen molar-refractivity contribution in [1.29, 1.82) is 0 Å². The molecule has 3 fully saturated rings. The van der Waals surface area contributed by atoms with Crippen molar-refractivity contribution in [2.24, 2.45) is 0 Å². The number of aliphatic hydroxyl groups is 1. The zero-order chi connectivity index (χ0) is 22.5. The Balaban J connectivity index is 1.58. The summed E-state index contributed by atoms with van der Waals surface area (Å²) < 4.78 is 17.9. The lowest BCUT2D eigenvalue weighted by Crippen LogP contribution is -2.61. The van der Waals surface area contributed by atoms with Crippen LogP contribution in [0.5, 0.6) is 0 Å². The Labute approximate surface area is 194 Å². The van der Waals surface area contributed by atoms with E-state index in [1.807, 2.05) is 77.0 Å². The Morgan fingerprint density at radius 2 is 1.09 bits per heavy atom. The summed E-state index contributed by atoms with van der Waals surface area (Å²) in [6, 6.07) is -0.412. The molecule has 7 heteroatoms. The van der Waals surface area contributed by atoms with Crippen LogP contribution in [0.3, 0.4) is 0 Å². The number of ether oxygens (including phenoxy) is 3. The minimum Gasteiger partial charge on any atom is -0.395 e. The Kier molecular flexibility index (Phi) is 11.6. The maximum atomic E-state index is 12.5. The van der Waals surface area contributed by atoms with Crippen LogP contribution in [-0.2, 0) is 14.2 Å². The van der Waals surface area contributed by atoms with Gasteiger partial charge in [0.2, 0.25) is 0 Å². The fourth-order valence-corrected chi connectivity index (χ4v) is 3.31. The van der Waals surface area contributed by atoms with Gasteiger partial charge in [0, 0.05) is 24.3 Å². The molecule has 171 valence electrons. The van der Waals surface area contributed by atoms with Crippen molar-refractivity contribution in [2.75, 3.05) is 52.8 Å². The van der Waals surface area contributed by atoms with E-state index in [0.29, 0.717) is 19.8 Å². The van der Waals surface area contributed by atoms with Crippen LogP contribution < -0.4 is 10.6 Å². The van der Waals surface area contributed by atoms with Crippen molar-refractivity contribution >= 4 is 6.03 Å². The van der Waals surface area contributed by atoms with Gasteiger partial charge in [-0.1, -0.05) is 0 Å². The summed E-state index contributed by atoms with van der Waals surface area (Å²) in [5.41, 5.74) is -0.911. The lowest BCUT2D eigenvalue weighted by atomic mass is 10.0. The van der Waals surface area contributed by atoms with Gasteiger partial charge in [-0.25, -0.2) is 4.79 Å². The highest BCUT2D eigenvalue weighted by atomic mass is 16.5. The Morgan fingerprint density at radius 3 is 1.44 bits per heavy atom. The highest BCUT2D eigenvalue weighted by molar-refractivity contribution is 5.74. The first-order chi connectivity index (χ1) is 15.7. The normalized spacial score (nSPS) is 20.9. The average molecular weight is 440 g/mol. The maximum Gasteiger partial charge on any atom is 0.315 e. The topological polar surface area (TPSA) is 89.1 Å². The average Bonchev–Trinajstić information content (AvgIpc) is 3.56. The van der Waals surface area contributed by atoms with Crippen LogP contribution in [0.25, 0.3) is 0 Å². The van der Waals surface area contributed by atoms with E-state index < -0.39 is 11.6 Å². The van der Waals surface area contributed by atoms with Crippen molar-refractivity contribution in [2.45, 2.75) is 5.54 Å². The molecule has 3 saturated carbocycles. The zero-order valence-corrected chi connectivity index (χ0v) is 18.2. The molecule has 7 nitrogen and oxygen atoms in total. The Hall–Kier alpha value is -0.890. The Morgan fingerprint density at radius 1 is 0.719 bits per heavy atom. The number of rotatable bonds is 15. The highest BCUT2D eigenvalue weighted by Gasteiger charge is 2.35. The SMILES string of the molecule is O=C(NCCO)NC(COC[C]1[CH][CH][CH][CH]1)(COC[C]1[CH][CH][CH][CH]1)COC[C]1[CH][CH][CH][CH]1. The minimum atomic E-state index is -0.911. The molecule has 0 aliphatic heterocycles. The van der Waals surface area contributed by atoms with Gasteiger partial charge in [-0.05, 0) is 77.0 Å². The van der Waals surface area contributed by atoms with E-state index in [1.165, 1.54) is 0 Å². The number of nitrogens with one attached hydrogen (secondary N) is 2. The van der Waals surface area contributed by atoms with E-state index in [-0.39, 0.29) is 33.0 Å². The molecule has 0 unspecified atom stereocenters. The summed E-state index contributed by atoms with van der Waals surface area (Å²) in [5.74, 6) is 3.16. The van der Waals surface area contributed by atoms with Gasteiger partial charge in [0.1, 0.15) is 5.54 Å². The second-order valence-electron chi connectivity index (χ2n) is 7.74. The molecule has 3 aliphatic rings. The minimum absolute atomic E-state index is 0.144. The van der Waals surface area contributed by atoms with Crippen LogP contribution in [0, 0.1) is 94.8 Å². The standard InChI is InChI=1S/C25H31N2O5/c28-14-13-26-24(29)27-25(18-30-15-21-7-1-2-8-21,19-31-16-22-9-3-4-10-22)20-32-17-23-11-5-6-12-23/h1-12,28H,13-20H2,(H2,26,27,29). The van der Waals surface area contributed by atoms with E-state index in [9.17, 15) is 4.79 Å². The molecule has 0 saturated heterocycles. The quantitative estimate of drug-likeness (QED) is 0.358. The molecule has 3 aliphatic carbocycles. The number of urea groups is 1. The molecule has 0 atom stereocenters. The molecule has 0 aromatic heterocycles. The van der Waals surface area contributed by atoms with Gasteiger partial charge >= 0.3 is 6.03 Å². The molecule has 0 bridgehead atoms. The molecule has 0 aromatic rings. The van der Waals surface area contributed by atoms with Crippen molar-refractivity contribution < 1.29 is 24.1 Å². The van der Waals surface area contributed by atoms with Crippen molar-refractivity contribution in [3.8, 4) is 0 Å². The van der Waals surface area contributed by atoms with E-state index in [0.717, 1.165) is 17.8 Å². The molecule has 2 amide bonds. The number of amides is 2. The second kappa shape index (κ2) is 14.4. The largest absolute Gasteiger partial charge is 0.395 e. The fraction of sp³-hybridized carbons (Fsp3) is 0.360. The van der Waals surface area contributed by atoms with E-state index in [2.05, 4.69) is 10.6 Å². The van der Waals surface area contributed by atoms with Crippen LogP contribution in [-0.4, -0.2) is 69.5 Å². The second-order valence-corrected chi connectivity index (χ2v) is 7.74. The van der Waals surface area contributed by atoms with Crippen LogP contribution in [0.1, 0.15) is 0 Å². The third-order valence-electron chi connectivity index (χ3n) is 4.91. The van der Waals surface area contributed by atoms with Gasteiger partial charge in [0.15, 0.2) is 0 Å². The third kappa shape index (κ3) is 9.16. The van der Waals surface area contributed by atoms with E-state index >= 15 is 0 Å². The monoisotopic (exact) mass is 439 g/mol. The summed E-state index contributed by atoms with van der Waals surface area (Å²) in [6.45, 7) is 1.86. The summed E-state index contributed by atoms with van der Waals surface area (Å²) >= 11 is 0. The maximum absolute atomic E-state index is 12.5. The van der Waals surface area contributed by atoms with Crippen molar-refractivity contribution in [3.05, 3.63) is 94.8 Å². The number of carbonyl (C=O) groups is 1. The highest BCUT2D eigenvalue weighted by Crippen LogP contribution is 2.26. The molecule has 0 heterocycles. The molecular formula is C25H31N2O5. The Bertz CT molecular complexity index is 459. The van der Waals surface area contributed by atoms with Gasteiger partial charge in [0.05, 0.1) is 46.2 Å². The van der Waals surface area contributed by atoms with Crippen molar-refractivity contribution in [1.82, 2.24) is 10.6 Å². The number of aliphatic hydroxyl groups excluding tert-OH is 1. The van der Waals surface area contributed by atoms with Gasteiger partial charge < -0.3 is 30.0 Å². The first-order valence-electron chi connectivity index (χ1n) is 10.7. The first-order valence-corrected chi connectivity index (χ1v) is 10.7.